The molecule has 0 heterocycles. The number of amides is 1. The second kappa shape index (κ2) is 7.67. The van der Waals surface area contributed by atoms with Gasteiger partial charge in [-0.05, 0) is 30.7 Å². The third-order valence-electron chi connectivity index (χ3n) is 2.26. The number of nitro groups is 1. The van der Waals surface area contributed by atoms with E-state index in [0.29, 0.717) is 13.0 Å². The second-order valence-electron chi connectivity index (χ2n) is 3.65. The first kappa shape index (κ1) is 14.5. The highest BCUT2D eigenvalue weighted by molar-refractivity contribution is 5.91. The predicted molar refractivity (Wildman–Crippen MR) is 73.2 cm³/mol. The van der Waals surface area contributed by atoms with E-state index in [4.69, 9.17) is 0 Å². The first-order chi connectivity index (χ1) is 9.13. The van der Waals surface area contributed by atoms with Crippen molar-refractivity contribution in [2.24, 2.45) is 0 Å². The van der Waals surface area contributed by atoms with Crippen LogP contribution in [0.5, 0.6) is 0 Å². The molecule has 0 aliphatic rings. The molecule has 0 fully saturated rings. The topological polar surface area (TPSA) is 72.2 Å². The summed E-state index contributed by atoms with van der Waals surface area (Å²) in [7, 11) is 0. The molecule has 1 amide bonds. The molecular formula is C14H14N2O3. The van der Waals surface area contributed by atoms with Crippen molar-refractivity contribution in [3.05, 3.63) is 46.0 Å². The van der Waals surface area contributed by atoms with Gasteiger partial charge in [-0.1, -0.05) is 0 Å². The Hall–Kier alpha value is -2.61. The largest absolute Gasteiger partial charge is 0.352 e. The molecule has 0 aliphatic heterocycles. The average molecular weight is 258 g/mol. The maximum absolute atomic E-state index is 11.4. The monoisotopic (exact) mass is 258 g/mol. The van der Waals surface area contributed by atoms with Gasteiger partial charge in [0.05, 0.1) is 4.92 Å². The lowest BCUT2D eigenvalue weighted by atomic mass is 10.2. The molecule has 5 nitrogen and oxygen atoms in total. The number of carbonyl (C=O) groups excluding carboxylic acids is 1. The van der Waals surface area contributed by atoms with Gasteiger partial charge in [0.2, 0.25) is 5.91 Å². The van der Waals surface area contributed by atoms with Crippen molar-refractivity contribution in [2.75, 3.05) is 6.54 Å². The first-order valence-corrected chi connectivity index (χ1v) is 5.73. The van der Waals surface area contributed by atoms with Crippen molar-refractivity contribution >= 4 is 17.7 Å². The van der Waals surface area contributed by atoms with Gasteiger partial charge in [0.25, 0.3) is 5.69 Å². The Morgan fingerprint density at radius 2 is 2.11 bits per heavy atom. The highest BCUT2D eigenvalue weighted by Crippen LogP contribution is 2.12. The van der Waals surface area contributed by atoms with E-state index in [1.165, 1.54) is 18.2 Å². The van der Waals surface area contributed by atoms with Crippen LogP contribution in [0.2, 0.25) is 0 Å². The van der Waals surface area contributed by atoms with Crippen molar-refractivity contribution in [3.8, 4) is 11.8 Å². The number of nitrogens with zero attached hydrogens (tertiary/aromatic N) is 1. The van der Waals surface area contributed by atoms with Crippen LogP contribution < -0.4 is 5.32 Å². The summed E-state index contributed by atoms with van der Waals surface area (Å²) in [5, 5.41) is 13.1. The van der Waals surface area contributed by atoms with Crippen LogP contribution in [-0.2, 0) is 4.79 Å². The minimum Gasteiger partial charge on any atom is -0.352 e. The fraction of sp³-hybridized carbons (Fsp3) is 0.214. The molecule has 0 saturated carbocycles. The lowest BCUT2D eigenvalue weighted by Gasteiger charge is -1.97. The van der Waals surface area contributed by atoms with E-state index in [0.717, 1.165) is 5.56 Å². The Bertz CT molecular complexity index is 536. The van der Waals surface area contributed by atoms with Crippen LogP contribution in [0.25, 0.3) is 6.08 Å². The van der Waals surface area contributed by atoms with Crippen molar-refractivity contribution in [3.63, 3.8) is 0 Å². The molecule has 0 aliphatic carbocycles. The Morgan fingerprint density at radius 1 is 1.42 bits per heavy atom. The van der Waals surface area contributed by atoms with E-state index in [-0.39, 0.29) is 11.6 Å². The molecule has 1 aromatic rings. The number of hydrogen-bond acceptors (Lipinski definition) is 3. The smallest absolute Gasteiger partial charge is 0.269 e. The van der Waals surface area contributed by atoms with Crippen LogP contribution >= 0.6 is 0 Å². The molecule has 0 aromatic heterocycles. The summed E-state index contributed by atoms with van der Waals surface area (Å²) in [4.78, 5) is 21.4. The minimum atomic E-state index is -0.463. The van der Waals surface area contributed by atoms with Crippen molar-refractivity contribution < 1.29 is 9.72 Å². The Balaban J connectivity index is 2.48. The van der Waals surface area contributed by atoms with Gasteiger partial charge in [-0.2, -0.15) is 0 Å². The van der Waals surface area contributed by atoms with Crippen molar-refractivity contribution in [1.29, 1.82) is 0 Å². The molecule has 98 valence electrons. The zero-order chi connectivity index (χ0) is 14.1. The molecule has 0 spiro atoms. The summed E-state index contributed by atoms with van der Waals surface area (Å²) in [5.74, 6) is 5.37. The van der Waals surface area contributed by atoms with Crippen LogP contribution in [0.4, 0.5) is 5.69 Å². The van der Waals surface area contributed by atoms with E-state index < -0.39 is 4.92 Å². The number of benzene rings is 1. The van der Waals surface area contributed by atoms with Crippen LogP contribution in [0, 0.1) is 22.0 Å². The average Bonchev–Trinajstić information content (AvgIpc) is 2.42. The lowest BCUT2D eigenvalue weighted by Crippen LogP contribution is -2.21. The lowest BCUT2D eigenvalue weighted by molar-refractivity contribution is -0.384. The number of hydrogen-bond donors (Lipinski definition) is 1. The van der Waals surface area contributed by atoms with Gasteiger partial charge in [-0.25, -0.2) is 0 Å². The number of nitro benzene ring substituents is 1. The van der Waals surface area contributed by atoms with E-state index in [1.807, 2.05) is 0 Å². The highest BCUT2D eigenvalue weighted by Gasteiger charge is 2.02. The quantitative estimate of drug-likeness (QED) is 0.289. The fourth-order valence-electron chi connectivity index (χ4n) is 1.31. The number of carbonyl (C=O) groups is 1. The molecular weight excluding hydrogens is 244 g/mol. The van der Waals surface area contributed by atoms with Gasteiger partial charge in [-0.3, -0.25) is 14.9 Å². The van der Waals surface area contributed by atoms with Crippen LogP contribution in [0.1, 0.15) is 18.9 Å². The zero-order valence-electron chi connectivity index (χ0n) is 10.6. The molecule has 19 heavy (non-hydrogen) atoms. The standard InChI is InChI=1S/C14H14N2O3/c1-2-3-4-11-15-14(17)10-7-12-5-8-13(9-6-12)16(18)19/h5-10H,4,11H2,1H3,(H,15,17)/b10-7+. The molecule has 1 aromatic carbocycles. The fourth-order valence-corrected chi connectivity index (χ4v) is 1.31. The summed E-state index contributed by atoms with van der Waals surface area (Å²) in [6.07, 6.45) is 3.61. The molecule has 1 N–H and O–H groups in total. The summed E-state index contributed by atoms with van der Waals surface area (Å²) in [6.45, 7) is 2.25. The number of non-ortho nitro benzene ring substituents is 1. The maximum Gasteiger partial charge on any atom is 0.269 e. The highest BCUT2D eigenvalue weighted by atomic mass is 16.6. The molecule has 0 saturated heterocycles. The molecule has 0 bridgehead atoms. The summed E-state index contributed by atoms with van der Waals surface area (Å²) < 4.78 is 0. The van der Waals surface area contributed by atoms with Crippen LogP contribution in [0.15, 0.2) is 30.3 Å². The van der Waals surface area contributed by atoms with Crippen LogP contribution in [-0.4, -0.2) is 17.4 Å². The van der Waals surface area contributed by atoms with Crippen LogP contribution in [0.3, 0.4) is 0 Å². The van der Waals surface area contributed by atoms with E-state index in [9.17, 15) is 14.9 Å². The van der Waals surface area contributed by atoms with Gasteiger partial charge in [0.1, 0.15) is 0 Å². The molecule has 0 unspecified atom stereocenters. The SMILES string of the molecule is CC#CCCNC(=O)/C=C/c1ccc([N+](=O)[O-])cc1. The molecule has 0 radical (unpaired) electrons. The summed E-state index contributed by atoms with van der Waals surface area (Å²) >= 11 is 0. The van der Waals surface area contributed by atoms with Crippen molar-refractivity contribution in [1.82, 2.24) is 5.32 Å². The first-order valence-electron chi connectivity index (χ1n) is 5.73. The predicted octanol–water partition coefficient (Wildman–Crippen LogP) is 2.14. The molecule has 1 rings (SSSR count). The van der Waals surface area contributed by atoms with Gasteiger partial charge in [0, 0.05) is 31.2 Å². The third kappa shape index (κ3) is 5.50. The number of rotatable bonds is 5. The van der Waals surface area contributed by atoms with Gasteiger partial charge in [-0.15, -0.1) is 11.8 Å². The Labute approximate surface area is 111 Å². The number of nitrogens with one attached hydrogen (secondary N) is 1. The van der Waals surface area contributed by atoms with Gasteiger partial charge >= 0.3 is 0 Å². The molecule has 0 atom stereocenters. The third-order valence-corrected chi connectivity index (χ3v) is 2.26. The zero-order valence-corrected chi connectivity index (χ0v) is 10.6. The Kier molecular flexibility index (Phi) is 5.83. The van der Waals surface area contributed by atoms with E-state index >= 15 is 0 Å². The van der Waals surface area contributed by atoms with E-state index in [2.05, 4.69) is 17.2 Å². The summed E-state index contributed by atoms with van der Waals surface area (Å²) in [6, 6.07) is 5.97. The van der Waals surface area contributed by atoms with E-state index in [1.54, 1.807) is 25.1 Å². The van der Waals surface area contributed by atoms with Gasteiger partial charge in [0.15, 0.2) is 0 Å². The summed E-state index contributed by atoms with van der Waals surface area (Å²) in [5.41, 5.74) is 0.758. The second-order valence-corrected chi connectivity index (χ2v) is 3.65. The van der Waals surface area contributed by atoms with Gasteiger partial charge < -0.3 is 5.32 Å². The normalized spacial score (nSPS) is 9.74. The van der Waals surface area contributed by atoms with Crippen molar-refractivity contribution in [2.45, 2.75) is 13.3 Å². The minimum absolute atomic E-state index is 0.0275. The maximum atomic E-state index is 11.4. The molecule has 5 heteroatoms. The Morgan fingerprint density at radius 3 is 2.68 bits per heavy atom.